The van der Waals surface area contributed by atoms with Gasteiger partial charge in [0.1, 0.15) is 0 Å². The summed E-state index contributed by atoms with van der Waals surface area (Å²) >= 11 is 9.33. The number of benzene rings is 2. The summed E-state index contributed by atoms with van der Waals surface area (Å²) < 4.78 is 0.828. The maximum Gasteiger partial charge on any atom is 0.253 e. The number of carbonyl (C=O) groups is 1. The predicted octanol–water partition coefficient (Wildman–Crippen LogP) is 3.52. The molecular formula is C15H13BrClNO2. The van der Waals surface area contributed by atoms with Gasteiger partial charge in [-0.2, -0.15) is 0 Å². The van der Waals surface area contributed by atoms with Crippen LogP contribution in [0, 0.1) is 0 Å². The molecule has 2 aromatic rings. The zero-order valence-electron chi connectivity index (χ0n) is 10.6. The Morgan fingerprint density at radius 1 is 1.20 bits per heavy atom. The minimum Gasteiger partial charge on any atom is -0.392 e. The number of carbonyl (C=O) groups excluding carboxylic acids is 1. The second-order valence-electron chi connectivity index (χ2n) is 4.28. The minimum absolute atomic E-state index is 0.0136. The van der Waals surface area contributed by atoms with E-state index in [2.05, 4.69) is 21.2 Å². The van der Waals surface area contributed by atoms with Crippen LogP contribution in [0.4, 0.5) is 0 Å². The molecule has 5 heteroatoms. The highest BCUT2D eigenvalue weighted by Gasteiger charge is 2.10. The molecule has 20 heavy (non-hydrogen) atoms. The lowest BCUT2D eigenvalue weighted by molar-refractivity contribution is 0.0951. The van der Waals surface area contributed by atoms with Gasteiger partial charge in [0, 0.05) is 11.0 Å². The van der Waals surface area contributed by atoms with E-state index in [4.69, 9.17) is 16.7 Å². The predicted molar refractivity (Wildman–Crippen MR) is 82.7 cm³/mol. The summed E-state index contributed by atoms with van der Waals surface area (Å²) in [5.41, 5.74) is 2.18. The quantitative estimate of drug-likeness (QED) is 0.882. The average Bonchev–Trinajstić information content (AvgIpc) is 2.45. The van der Waals surface area contributed by atoms with Gasteiger partial charge >= 0.3 is 0 Å². The van der Waals surface area contributed by atoms with Crippen LogP contribution in [0.3, 0.4) is 0 Å². The van der Waals surface area contributed by atoms with Crippen molar-refractivity contribution in [3.05, 3.63) is 68.7 Å². The molecule has 0 bridgehead atoms. The van der Waals surface area contributed by atoms with Crippen LogP contribution >= 0.6 is 27.5 Å². The number of aliphatic hydroxyl groups is 1. The second-order valence-corrected chi connectivity index (χ2v) is 5.61. The van der Waals surface area contributed by atoms with Gasteiger partial charge in [0.2, 0.25) is 0 Å². The van der Waals surface area contributed by atoms with Crippen LogP contribution in [0.1, 0.15) is 21.5 Å². The van der Waals surface area contributed by atoms with Crippen LogP contribution in [0.15, 0.2) is 46.9 Å². The molecule has 0 aliphatic rings. The molecule has 0 aliphatic carbocycles. The molecule has 0 radical (unpaired) electrons. The first-order valence-electron chi connectivity index (χ1n) is 6.02. The summed E-state index contributed by atoms with van der Waals surface area (Å²) in [6, 6.07) is 12.5. The number of rotatable bonds is 4. The maximum absolute atomic E-state index is 12.0. The number of halogens is 2. The summed E-state index contributed by atoms with van der Waals surface area (Å²) in [6.07, 6.45) is 0. The van der Waals surface area contributed by atoms with Crippen molar-refractivity contribution in [2.45, 2.75) is 13.2 Å². The largest absolute Gasteiger partial charge is 0.392 e. The molecular weight excluding hydrogens is 342 g/mol. The zero-order valence-corrected chi connectivity index (χ0v) is 12.9. The summed E-state index contributed by atoms with van der Waals surface area (Å²) in [4.78, 5) is 12.0. The fourth-order valence-corrected chi connectivity index (χ4v) is 2.55. The van der Waals surface area contributed by atoms with Crippen molar-refractivity contribution in [2.24, 2.45) is 0 Å². The Morgan fingerprint density at radius 3 is 2.65 bits per heavy atom. The number of hydrogen-bond donors (Lipinski definition) is 2. The lowest BCUT2D eigenvalue weighted by Crippen LogP contribution is -2.23. The molecule has 0 fully saturated rings. The smallest absolute Gasteiger partial charge is 0.253 e. The lowest BCUT2D eigenvalue weighted by Gasteiger charge is -2.08. The van der Waals surface area contributed by atoms with Gasteiger partial charge in [0.25, 0.3) is 5.91 Å². The van der Waals surface area contributed by atoms with Gasteiger partial charge < -0.3 is 10.4 Å². The van der Waals surface area contributed by atoms with Gasteiger partial charge in [-0.3, -0.25) is 4.79 Å². The van der Waals surface area contributed by atoms with Gasteiger partial charge in [0.15, 0.2) is 0 Å². The molecule has 0 aromatic heterocycles. The van der Waals surface area contributed by atoms with Crippen molar-refractivity contribution < 1.29 is 9.90 Å². The molecule has 0 heterocycles. The molecule has 0 aliphatic heterocycles. The Morgan fingerprint density at radius 2 is 1.95 bits per heavy atom. The maximum atomic E-state index is 12.0. The molecule has 1 amide bonds. The van der Waals surface area contributed by atoms with Crippen LogP contribution in [-0.4, -0.2) is 11.0 Å². The van der Waals surface area contributed by atoms with Crippen LogP contribution < -0.4 is 5.32 Å². The Bertz CT molecular complexity index is 631. The highest BCUT2D eigenvalue weighted by molar-refractivity contribution is 9.10. The molecule has 2 aromatic carbocycles. The SMILES string of the molecule is O=C(NCc1cccc(CO)c1)c1ccc(Br)cc1Cl. The third-order valence-corrected chi connectivity index (χ3v) is 3.61. The van der Waals surface area contributed by atoms with Gasteiger partial charge in [-0.1, -0.05) is 51.8 Å². The first kappa shape index (κ1) is 15.0. The molecule has 0 unspecified atom stereocenters. The fourth-order valence-electron chi connectivity index (χ4n) is 1.79. The molecule has 2 N–H and O–H groups in total. The summed E-state index contributed by atoms with van der Waals surface area (Å²) in [5.74, 6) is -0.225. The Hall–Kier alpha value is -1.36. The van der Waals surface area contributed by atoms with Crippen LogP contribution in [-0.2, 0) is 13.2 Å². The van der Waals surface area contributed by atoms with E-state index in [0.717, 1.165) is 15.6 Å². The van der Waals surface area contributed by atoms with Crippen molar-refractivity contribution in [3.63, 3.8) is 0 Å². The van der Waals surface area contributed by atoms with Crippen molar-refractivity contribution in [2.75, 3.05) is 0 Å². The number of amides is 1. The molecule has 2 rings (SSSR count). The summed E-state index contributed by atoms with van der Waals surface area (Å²) in [6.45, 7) is 0.374. The monoisotopic (exact) mass is 353 g/mol. The van der Waals surface area contributed by atoms with Gasteiger partial charge in [-0.15, -0.1) is 0 Å². The number of aliphatic hydroxyl groups excluding tert-OH is 1. The van der Waals surface area contributed by atoms with E-state index in [9.17, 15) is 4.79 Å². The molecule has 0 saturated carbocycles. The molecule has 104 valence electrons. The van der Waals surface area contributed by atoms with Gasteiger partial charge in [-0.25, -0.2) is 0 Å². The van der Waals surface area contributed by atoms with E-state index < -0.39 is 0 Å². The Kier molecular flexibility index (Phi) is 5.17. The summed E-state index contributed by atoms with van der Waals surface area (Å²) in [5, 5.41) is 12.3. The average molecular weight is 355 g/mol. The lowest BCUT2D eigenvalue weighted by atomic mass is 10.1. The molecule has 0 saturated heterocycles. The van der Waals surface area contributed by atoms with Crippen LogP contribution in [0.5, 0.6) is 0 Å². The normalized spacial score (nSPS) is 10.3. The fraction of sp³-hybridized carbons (Fsp3) is 0.133. The molecule has 0 atom stereocenters. The zero-order chi connectivity index (χ0) is 14.5. The minimum atomic E-state index is -0.225. The second kappa shape index (κ2) is 6.88. The van der Waals surface area contributed by atoms with Gasteiger partial charge in [0.05, 0.1) is 17.2 Å². The van der Waals surface area contributed by atoms with Crippen LogP contribution in [0.25, 0.3) is 0 Å². The Balaban J connectivity index is 2.04. The van der Waals surface area contributed by atoms with E-state index in [1.165, 1.54) is 0 Å². The van der Waals surface area contributed by atoms with Crippen molar-refractivity contribution in [3.8, 4) is 0 Å². The molecule has 3 nitrogen and oxygen atoms in total. The van der Waals surface area contributed by atoms with E-state index in [-0.39, 0.29) is 12.5 Å². The van der Waals surface area contributed by atoms with E-state index in [1.807, 2.05) is 24.3 Å². The van der Waals surface area contributed by atoms with Crippen molar-refractivity contribution in [1.82, 2.24) is 5.32 Å². The highest BCUT2D eigenvalue weighted by atomic mass is 79.9. The van der Waals surface area contributed by atoms with Crippen molar-refractivity contribution >= 4 is 33.4 Å². The first-order valence-corrected chi connectivity index (χ1v) is 7.19. The third kappa shape index (κ3) is 3.82. The van der Waals surface area contributed by atoms with Crippen LogP contribution in [0.2, 0.25) is 5.02 Å². The highest BCUT2D eigenvalue weighted by Crippen LogP contribution is 2.21. The first-order chi connectivity index (χ1) is 9.60. The van der Waals surface area contributed by atoms with Crippen molar-refractivity contribution in [1.29, 1.82) is 0 Å². The third-order valence-electron chi connectivity index (χ3n) is 2.80. The van der Waals surface area contributed by atoms with E-state index >= 15 is 0 Å². The number of hydrogen-bond acceptors (Lipinski definition) is 2. The standard InChI is InChI=1S/C15H13BrClNO2/c16-12-4-5-13(14(17)7-12)15(20)18-8-10-2-1-3-11(6-10)9-19/h1-7,19H,8-9H2,(H,18,20). The van der Waals surface area contributed by atoms with E-state index in [0.29, 0.717) is 17.1 Å². The van der Waals surface area contributed by atoms with Gasteiger partial charge in [-0.05, 0) is 29.3 Å². The van der Waals surface area contributed by atoms with E-state index in [1.54, 1.807) is 18.2 Å². The Labute approximate surface area is 130 Å². The summed E-state index contributed by atoms with van der Waals surface area (Å²) in [7, 11) is 0. The topological polar surface area (TPSA) is 49.3 Å². The molecule has 0 spiro atoms. The number of nitrogens with one attached hydrogen (secondary N) is 1.